The summed E-state index contributed by atoms with van der Waals surface area (Å²) < 4.78 is 11.3. The van der Waals surface area contributed by atoms with Crippen molar-refractivity contribution in [2.75, 3.05) is 26.4 Å². The Morgan fingerprint density at radius 3 is 1.44 bits per heavy atom. The zero-order chi connectivity index (χ0) is 13.4. The molecule has 1 aliphatic rings. The summed E-state index contributed by atoms with van der Waals surface area (Å²) in [4.78, 5) is 0. The third-order valence-corrected chi connectivity index (χ3v) is 3.37. The van der Waals surface area contributed by atoms with Crippen molar-refractivity contribution in [3.63, 3.8) is 0 Å². The highest BCUT2D eigenvalue weighted by Gasteiger charge is 2.21. The molecule has 18 heavy (non-hydrogen) atoms. The first-order valence-electron chi connectivity index (χ1n) is 7.02. The van der Waals surface area contributed by atoms with Crippen LogP contribution in [0.25, 0.3) is 0 Å². The van der Waals surface area contributed by atoms with Gasteiger partial charge in [-0.05, 0) is 51.4 Å². The SMILES string of the molecule is C=C(C)COCC1CCC(COCC(=C)C)CC1. The molecule has 0 spiro atoms. The zero-order valence-electron chi connectivity index (χ0n) is 12.0. The smallest absolute Gasteiger partial charge is 0.0671 e. The normalized spacial score (nSPS) is 23.9. The summed E-state index contributed by atoms with van der Waals surface area (Å²) in [7, 11) is 0. The van der Waals surface area contributed by atoms with Gasteiger partial charge in [-0.3, -0.25) is 0 Å². The molecule has 1 aliphatic carbocycles. The van der Waals surface area contributed by atoms with Gasteiger partial charge in [-0.25, -0.2) is 0 Å². The fourth-order valence-electron chi connectivity index (χ4n) is 2.36. The lowest BCUT2D eigenvalue weighted by Crippen LogP contribution is -2.22. The Hall–Kier alpha value is -0.600. The highest BCUT2D eigenvalue weighted by molar-refractivity contribution is 4.88. The maximum Gasteiger partial charge on any atom is 0.0671 e. The molecular weight excluding hydrogens is 224 g/mol. The van der Waals surface area contributed by atoms with E-state index >= 15 is 0 Å². The summed E-state index contributed by atoms with van der Waals surface area (Å²) in [5, 5.41) is 0. The lowest BCUT2D eigenvalue weighted by atomic mass is 9.83. The summed E-state index contributed by atoms with van der Waals surface area (Å²) in [5.74, 6) is 1.48. The average molecular weight is 252 g/mol. The maximum absolute atomic E-state index is 5.64. The molecule has 0 unspecified atom stereocenters. The first kappa shape index (κ1) is 15.5. The predicted molar refractivity (Wildman–Crippen MR) is 76.7 cm³/mol. The van der Waals surface area contributed by atoms with Crippen LogP contribution in [0.15, 0.2) is 24.3 Å². The average Bonchev–Trinajstić information content (AvgIpc) is 2.30. The number of ether oxygens (including phenoxy) is 2. The van der Waals surface area contributed by atoms with Crippen LogP contribution in [0.2, 0.25) is 0 Å². The molecule has 0 atom stereocenters. The molecule has 0 heterocycles. The summed E-state index contributed by atoms with van der Waals surface area (Å²) >= 11 is 0. The molecule has 0 radical (unpaired) electrons. The molecule has 0 saturated heterocycles. The second-order valence-corrected chi connectivity index (χ2v) is 5.83. The van der Waals surface area contributed by atoms with Crippen LogP contribution >= 0.6 is 0 Å². The van der Waals surface area contributed by atoms with Crippen LogP contribution in [0, 0.1) is 11.8 Å². The second-order valence-electron chi connectivity index (χ2n) is 5.83. The van der Waals surface area contributed by atoms with E-state index in [1.165, 1.54) is 25.7 Å². The van der Waals surface area contributed by atoms with E-state index in [9.17, 15) is 0 Å². The second kappa shape index (κ2) is 8.49. The van der Waals surface area contributed by atoms with Crippen molar-refractivity contribution in [3.8, 4) is 0 Å². The summed E-state index contributed by atoms with van der Waals surface area (Å²) in [5.41, 5.74) is 2.22. The first-order valence-corrected chi connectivity index (χ1v) is 7.02. The van der Waals surface area contributed by atoms with Gasteiger partial charge in [0.25, 0.3) is 0 Å². The Labute approximate surface area is 112 Å². The van der Waals surface area contributed by atoms with Crippen molar-refractivity contribution < 1.29 is 9.47 Å². The minimum absolute atomic E-state index is 0.710. The summed E-state index contributed by atoms with van der Waals surface area (Å²) in [6.07, 6.45) is 5.10. The summed E-state index contributed by atoms with van der Waals surface area (Å²) in [6.45, 7) is 14.9. The Balaban J connectivity index is 2.05. The zero-order valence-corrected chi connectivity index (χ0v) is 12.0. The highest BCUT2D eigenvalue weighted by Crippen LogP contribution is 2.29. The third-order valence-electron chi connectivity index (χ3n) is 3.37. The van der Waals surface area contributed by atoms with Crippen LogP contribution < -0.4 is 0 Å². The number of hydrogen-bond donors (Lipinski definition) is 0. The topological polar surface area (TPSA) is 18.5 Å². The maximum atomic E-state index is 5.64. The molecule has 2 heteroatoms. The van der Waals surface area contributed by atoms with E-state index in [4.69, 9.17) is 9.47 Å². The van der Waals surface area contributed by atoms with Crippen LogP contribution in [0.5, 0.6) is 0 Å². The Morgan fingerprint density at radius 2 is 1.17 bits per heavy atom. The minimum Gasteiger partial charge on any atom is -0.377 e. The van der Waals surface area contributed by atoms with E-state index in [0.717, 1.165) is 36.2 Å². The molecular formula is C16H28O2. The molecule has 0 aliphatic heterocycles. The molecule has 0 amide bonds. The number of rotatable bonds is 8. The fourth-order valence-corrected chi connectivity index (χ4v) is 2.36. The van der Waals surface area contributed by atoms with Gasteiger partial charge in [0.2, 0.25) is 0 Å². The quantitative estimate of drug-likeness (QED) is 0.608. The molecule has 104 valence electrons. The van der Waals surface area contributed by atoms with Crippen LogP contribution in [-0.4, -0.2) is 26.4 Å². The van der Waals surface area contributed by atoms with Crippen molar-refractivity contribution >= 4 is 0 Å². The fraction of sp³-hybridized carbons (Fsp3) is 0.750. The van der Waals surface area contributed by atoms with E-state index in [2.05, 4.69) is 13.2 Å². The first-order chi connectivity index (χ1) is 8.58. The van der Waals surface area contributed by atoms with E-state index in [-0.39, 0.29) is 0 Å². The minimum atomic E-state index is 0.710. The highest BCUT2D eigenvalue weighted by atomic mass is 16.5. The van der Waals surface area contributed by atoms with Crippen molar-refractivity contribution in [1.29, 1.82) is 0 Å². The Bertz CT molecular complexity index is 234. The molecule has 0 aromatic rings. The van der Waals surface area contributed by atoms with Gasteiger partial charge in [-0.1, -0.05) is 24.3 Å². The van der Waals surface area contributed by atoms with Crippen molar-refractivity contribution in [2.24, 2.45) is 11.8 Å². The van der Waals surface area contributed by atoms with Gasteiger partial charge < -0.3 is 9.47 Å². The molecule has 2 nitrogen and oxygen atoms in total. The van der Waals surface area contributed by atoms with Crippen molar-refractivity contribution in [1.82, 2.24) is 0 Å². The molecule has 0 aromatic carbocycles. The molecule has 1 fully saturated rings. The van der Waals surface area contributed by atoms with Crippen molar-refractivity contribution in [2.45, 2.75) is 39.5 Å². The Kier molecular flexibility index (Phi) is 7.29. The Morgan fingerprint density at radius 1 is 0.833 bits per heavy atom. The summed E-state index contributed by atoms with van der Waals surface area (Å²) in [6, 6.07) is 0. The third kappa shape index (κ3) is 6.97. The van der Waals surface area contributed by atoms with Crippen LogP contribution in [0.4, 0.5) is 0 Å². The van der Waals surface area contributed by atoms with Crippen LogP contribution in [0.1, 0.15) is 39.5 Å². The standard InChI is InChI=1S/C16H28O2/c1-13(2)9-17-11-15-5-7-16(8-6-15)12-18-10-14(3)4/h15-16H,1,3,5-12H2,2,4H3. The van der Waals surface area contributed by atoms with Gasteiger partial charge in [0, 0.05) is 13.2 Å². The van der Waals surface area contributed by atoms with E-state index in [1.807, 2.05) is 13.8 Å². The largest absolute Gasteiger partial charge is 0.377 e. The van der Waals surface area contributed by atoms with Gasteiger partial charge in [0.1, 0.15) is 0 Å². The van der Waals surface area contributed by atoms with E-state index in [0.29, 0.717) is 13.2 Å². The predicted octanol–water partition coefficient (Wildman–Crippen LogP) is 3.98. The van der Waals surface area contributed by atoms with E-state index < -0.39 is 0 Å². The molecule has 1 rings (SSSR count). The van der Waals surface area contributed by atoms with Gasteiger partial charge >= 0.3 is 0 Å². The van der Waals surface area contributed by atoms with Gasteiger partial charge in [0.15, 0.2) is 0 Å². The molecule has 0 aromatic heterocycles. The van der Waals surface area contributed by atoms with Gasteiger partial charge in [0.05, 0.1) is 13.2 Å². The van der Waals surface area contributed by atoms with Crippen molar-refractivity contribution in [3.05, 3.63) is 24.3 Å². The molecule has 0 N–H and O–H groups in total. The van der Waals surface area contributed by atoms with Gasteiger partial charge in [-0.2, -0.15) is 0 Å². The van der Waals surface area contributed by atoms with E-state index in [1.54, 1.807) is 0 Å². The monoisotopic (exact) mass is 252 g/mol. The molecule has 0 bridgehead atoms. The van der Waals surface area contributed by atoms with Gasteiger partial charge in [-0.15, -0.1) is 0 Å². The van der Waals surface area contributed by atoms with Crippen LogP contribution in [-0.2, 0) is 9.47 Å². The van der Waals surface area contributed by atoms with Crippen LogP contribution in [0.3, 0.4) is 0 Å². The number of hydrogen-bond acceptors (Lipinski definition) is 2. The lowest BCUT2D eigenvalue weighted by Gasteiger charge is -2.28. The molecule has 1 saturated carbocycles. The lowest BCUT2D eigenvalue weighted by molar-refractivity contribution is 0.0626.